The number of aromatic nitrogens is 4. The van der Waals surface area contributed by atoms with E-state index >= 15 is 0 Å². The molecule has 0 saturated heterocycles. The van der Waals surface area contributed by atoms with Gasteiger partial charge in [0.25, 0.3) is 0 Å². The van der Waals surface area contributed by atoms with Crippen molar-refractivity contribution in [3.63, 3.8) is 0 Å². The fourth-order valence-electron chi connectivity index (χ4n) is 1.71. The van der Waals surface area contributed by atoms with Gasteiger partial charge in [-0.3, -0.25) is 9.48 Å². The van der Waals surface area contributed by atoms with Crippen molar-refractivity contribution in [2.75, 3.05) is 11.9 Å². The lowest BCUT2D eigenvalue weighted by atomic mass is 10.4. The molecule has 0 fully saturated rings. The Morgan fingerprint density at radius 1 is 1.45 bits per heavy atom. The molecule has 0 aliphatic rings. The largest absolute Gasteiger partial charge is 0.360 e. The van der Waals surface area contributed by atoms with Crippen molar-refractivity contribution in [3.05, 3.63) is 30.4 Å². The van der Waals surface area contributed by atoms with Crippen molar-refractivity contribution >= 4 is 11.6 Å². The van der Waals surface area contributed by atoms with E-state index in [-0.39, 0.29) is 5.91 Å². The topological polar surface area (TPSA) is 74.0 Å². The van der Waals surface area contributed by atoms with Crippen molar-refractivity contribution in [2.45, 2.75) is 33.5 Å². The minimum Gasteiger partial charge on any atom is -0.360 e. The molecule has 0 saturated carbocycles. The first-order valence-corrected chi connectivity index (χ1v) is 6.57. The van der Waals surface area contributed by atoms with Crippen LogP contribution < -0.4 is 5.32 Å². The molecule has 0 radical (unpaired) electrons. The van der Waals surface area contributed by atoms with Crippen molar-refractivity contribution < 1.29 is 9.53 Å². The van der Waals surface area contributed by atoms with Crippen LogP contribution in [0.3, 0.4) is 0 Å². The van der Waals surface area contributed by atoms with E-state index in [9.17, 15) is 4.79 Å². The Kier molecular flexibility index (Phi) is 4.89. The highest BCUT2D eigenvalue weighted by atomic mass is 16.5. The Bertz CT molecular complexity index is 561. The predicted molar refractivity (Wildman–Crippen MR) is 74.1 cm³/mol. The molecule has 2 heterocycles. The molecule has 0 aliphatic heterocycles. The van der Waals surface area contributed by atoms with Crippen LogP contribution in [0.2, 0.25) is 0 Å². The van der Waals surface area contributed by atoms with Crippen LogP contribution in [0.1, 0.15) is 19.0 Å². The summed E-state index contributed by atoms with van der Waals surface area (Å²) in [6, 6.07) is 1.91. The molecular formula is C13H19N5O2. The highest BCUT2D eigenvalue weighted by Gasteiger charge is 2.05. The fraction of sp³-hybridized carbons (Fsp3) is 0.462. The van der Waals surface area contributed by atoms with E-state index in [0.29, 0.717) is 32.0 Å². The Morgan fingerprint density at radius 2 is 2.30 bits per heavy atom. The highest BCUT2D eigenvalue weighted by molar-refractivity contribution is 5.90. The van der Waals surface area contributed by atoms with E-state index in [2.05, 4.69) is 15.5 Å². The second-order valence-corrected chi connectivity index (χ2v) is 4.41. The molecule has 1 amide bonds. The van der Waals surface area contributed by atoms with E-state index < -0.39 is 0 Å². The quantitative estimate of drug-likeness (QED) is 0.830. The number of rotatable bonds is 7. The monoisotopic (exact) mass is 277 g/mol. The molecule has 108 valence electrons. The number of carbonyl (C=O) groups is 1. The SMILES string of the molecule is CCOCn1cc(NC(=O)CCn2ccc(C)n2)cn1. The lowest BCUT2D eigenvalue weighted by Gasteiger charge is -2.03. The standard InChI is InChI=1S/C13H19N5O2/c1-3-20-10-18-9-12(8-14-18)15-13(19)5-7-17-6-4-11(2)16-17/h4,6,8-9H,3,5,7,10H2,1-2H3,(H,15,19). The number of amides is 1. The number of aryl methyl sites for hydroxylation is 2. The number of nitrogens with one attached hydrogen (secondary N) is 1. The summed E-state index contributed by atoms with van der Waals surface area (Å²) in [4.78, 5) is 11.8. The first-order valence-electron chi connectivity index (χ1n) is 6.57. The van der Waals surface area contributed by atoms with Crippen LogP contribution in [0.15, 0.2) is 24.7 Å². The van der Waals surface area contributed by atoms with Gasteiger partial charge < -0.3 is 10.1 Å². The van der Waals surface area contributed by atoms with Gasteiger partial charge in [0.15, 0.2) is 0 Å². The highest BCUT2D eigenvalue weighted by Crippen LogP contribution is 2.06. The molecule has 0 bridgehead atoms. The van der Waals surface area contributed by atoms with Gasteiger partial charge in [-0.1, -0.05) is 0 Å². The zero-order valence-corrected chi connectivity index (χ0v) is 11.7. The molecule has 2 rings (SSSR count). The molecule has 7 heteroatoms. The Morgan fingerprint density at radius 3 is 3.00 bits per heavy atom. The van der Waals surface area contributed by atoms with Gasteiger partial charge in [-0.2, -0.15) is 10.2 Å². The van der Waals surface area contributed by atoms with Gasteiger partial charge in [0.05, 0.1) is 23.8 Å². The first kappa shape index (κ1) is 14.3. The van der Waals surface area contributed by atoms with E-state index in [1.54, 1.807) is 21.8 Å². The van der Waals surface area contributed by atoms with E-state index in [1.807, 2.05) is 26.1 Å². The zero-order valence-electron chi connectivity index (χ0n) is 11.7. The van der Waals surface area contributed by atoms with Gasteiger partial charge in [-0.15, -0.1) is 0 Å². The van der Waals surface area contributed by atoms with Crippen LogP contribution >= 0.6 is 0 Å². The molecule has 0 atom stereocenters. The summed E-state index contributed by atoms with van der Waals surface area (Å²) in [5, 5.41) is 11.1. The maximum atomic E-state index is 11.8. The van der Waals surface area contributed by atoms with Crippen molar-refractivity contribution in [2.24, 2.45) is 0 Å². The third-order valence-electron chi connectivity index (χ3n) is 2.69. The number of ether oxygens (including phenoxy) is 1. The van der Waals surface area contributed by atoms with Gasteiger partial charge in [-0.05, 0) is 19.9 Å². The lowest BCUT2D eigenvalue weighted by Crippen LogP contribution is -2.14. The van der Waals surface area contributed by atoms with Crippen molar-refractivity contribution in [1.29, 1.82) is 0 Å². The maximum absolute atomic E-state index is 11.8. The first-order chi connectivity index (χ1) is 9.67. The maximum Gasteiger partial charge on any atom is 0.226 e. The summed E-state index contributed by atoms with van der Waals surface area (Å²) in [5.41, 5.74) is 1.62. The second kappa shape index (κ2) is 6.85. The Balaban J connectivity index is 1.77. The van der Waals surface area contributed by atoms with E-state index in [1.165, 1.54) is 0 Å². The van der Waals surface area contributed by atoms with Crippen molar-refractivity contribution in [1.82, 2.24) is 19.6 Å². The summed E-state index contributed by atoms with van der Waals surface area (Å²) in [7, 11) is 0. The molecule has 0 aliphatic carbocycles. The van der Waals surface area contributed by atoms with E-state index in [0.717, 1.165) is 5.69 Å². The molecule has 20 heavy (non-hydrogen) atoms. The Labute approximate surface area is 117 Å². The smallest absolute Gasteiger partial charge is 0.226 e. The van der Waals surface area contributed by atoms with Gasteiger partial charge in [-0.25, -0.2) is 4.68 Å². The fourth-order valence-corrected chi connectivity index (χ4v) is 1.71. The normalized spacial score (nSPS) is 10.7. The summed E-state index contributed by atoms with van der Waals surface area (Å²) < 4.78 is 8.61. The number of nitrogens with zero attached hydrogens (tertiary/aromatic N) is 4. The molecule has 2 aromatic rings. The minimum atomic E-state index is -0.0610. The van der Waals surface area contributed by atoms with Crippen LogP contribution in [0.4, 0.5) is 5.69 Å². The molecule has 0 spiro atoms. The van der Waals surface area contributed by atoms with Gasteiger partial charge >= 0.3 is 0 Å². The molecule has 2 aromatic heterocycles. The summed E-state index contributed by atoms with van der Waals surface area (Å²) in [6.45, 7) is 5.42. The van der Waals surface area contributed by atoms with Gasteiger partial charge in [0.2, 0.25) is 5.91 Å². The van der Waals surface area contributed by atoms with Crippen LogP contribution in [-0.4, -0.2) is 32.1 Å². The third-order valence-corrected chi connectivity index (χ3v) is 2.69. The van der Waals surface area contributed by atoms with Gasteiger partial charge in [0.1, 0.15) is 6.73 Å². The molecule has 0 unspecified atom stereocenters. The number of hydrogen-bond donors (Lipinski definition) is 1. The molecule has 1 N–H and O–H groups in total. The van der Waals surface area contributed by atoms with Crippen LogP contribution in [0.5, 0.6) is 0 Å². The number of anilines is 1. The average Bonchev–Trinajstić information content (AvgIpc) is 3.03. The minimum absolute atomic E-state index is 0.0610. The molecule has 7 nitrogen and oxygen atoms in total. The Hall–Kier alpha value is -2.15. The summed E-state index contributed by atoms with van der Waals surface area (Å²) in [6.07, 6.45) is 5.58. The zero-order chi connectivity index (χ0) is 14.4. The third kappa shape index (κ3) is 4.20. The lowest BCUT2D eigenvalue weighted by molar-refractivity contribution is -0.116. The molecule has 0 aromatic carbocycles. The number of hydrogen-bond acceptors (Lipinski definition) is 4. The number of carbonyl (C=O) groups excluding carboxylic acids is 1. The average molecular weight is 277 g/mol. The van der Waals surface area contributed by atoms with Crippen LogP contribution in [-0.2, 0) is 22.8 Å². The molecular weight excluding hydrogens is 258 g/mol. The summed E-state index contributed by atoms with van der Waals surface area (Å²) >= 11 is 0. The van der Waals surface area contributed by atoms with Crippen molar-refractivity contribution in [3.8, 4) is 0 Å². The van der Waals surface area contributed by atoms with Crippen LogP contribution in [0, 0.1) is 6.92 Å². The second-order valence-electron chi connectivity index (χ2n) is 4.41. The van der Waals surface area contributed by atoms with Gasteiger partial charge in [0, 0.05) is 25.8 Å². The van der Waals surface area contributed by atoms with E-state index in [4.69, 9.17) is 4.74 Å². The van der Waals surface area contributed by atoms with Crippen LogP contribution in [0.25, 0.3) is 0 Å². The summed E-state index contributed by atoms with van der Waals surface area (Å²) in [5.74, 6) is -0.0610. The predicted octanol–water partition coefficient (Wildman–Crippen LogP) is 1.41.